The Kier molecular flexibility index (Phi) is 6.86. The second kappa shape index (κ2) is 9.85. The minimum absolute atomic E-state index is 0.0231. The van der Waals surface area contributed by atoms with E-state index in [0.29, 0.717) is 23.4 Å². The van der Waals surface area contributed by atoms with Crippen molar-refractivity contribution in [2.24, 2.45) is 0 Å². The number of benzene rings is 1. The molecule has 4 rings (SSSR count). The molecule has 0 aliphatic carbocycles. The summed E-state index contributed by atoms with van der Waals surface area (Å²) in [5, 5.41) is 8.37. The van der Waals surface area contributed by atoms with Gasteiger partial charge in [-0.15, -0.1) is 0 Å². The zero-order valence-electron chi connectivity index (χ0n) is 20.8. The molecule has 35 heavy (non-hydrogen) atoms. The van der Waals surface area contributed by atoms with Gasteiger partial charge in [0.15, 0.2) is 0 Å². The van der Waals surface area contributed by atoms with Gasteiger partial charge in [-0.05, 0) is 48.9 Å². The largest absolute Gasteiger partial charge is 0.472 e. The molecule has 184 valence electrons. The highest BCUT2D eigenvalue weighted by Gasteiger charge is 2.34. The number of ether oxygens (including phenoxy) is 2. The zero-order chi connectivity index (χ0) is 25.2. The molecule has 1 amide bonds. The summed E-state index contributed by atoms with van der Waals surface area (Å²) in [6.07, 6.45) is 5.96. The number of esters is 1. The third kappa shape index (κ3) is 5.03. The Morgan fingerprint density at radius 3 is 2.43 bits per heavy atom. The van der Waals surface area contributed by atoms with E-state index < -0.39 is 5.97 Å². The lowest BCUT2D eigenvalue weighted by Crippen LogP contribution is -2.49. The summed E-state index contributed by atoms with van der Waals surface area (Å²) in [7, 11) is 1.35. The lowest BCUT2D eigenvalue weighted by molar-refractivity contribution is 0.0358. The Labute approximate surface area is 205 Å². The summed E-state index contributed by atoms with van der Waals surface area (Å²) >= 11 is 0. The average Bonchev–Trinajstić information content (AvgIpc) is 3.38. The van der Waals surface area contributed by atoms with Crippen molar-refractivity contribution in [1.29, 1.82) is 0 Å². The Balaban J connectivity index is 1.61. The van der Waals surface area contributed by atoms with E-state index in [0.717, 1.165) is 18.4 Å². The molecule has 0 unspecified atom stereocenters. The second-order valence-corrected chi connectivity index (χ2v) is 9.74. The van der Waals surface area contributed by atoms with Crippen LogP contribution in [0.25, 0.3) is 5.69 Å². The van der Waals surface area contributed by atoms with E-state index in [1.807, 2.05) is 56.9 Å². The van der Waals surface area contributed by atoms with Crippen LogP contribution in [0.4, 0.5) is 0 Å². The van der Waals surface area contributed by atoms with Crippen LogP contribution in [0.3, 0.4) is 0 Å². The fraction of sp³-hybridized carbons (Fsp3) is 0.423. The maximum absolute atomic E-state index is 13.6. The molecule has 9 heteroatoms. The summed E-state index contributed by atoms with van der Waals surface area (Å²) < 4.78 is 11.3. The van der Waals surface area contributed by atoms with Gasteiger partial charge in [0.1, 0.15) is 11.7 Å². The van der Waals surface area contributed by atoms with Crippen molar-refractivity contribution in [1.82, 2.24) is 24.9 Å². The zero-order valence-corrected chi connectivity index (χ0v) is 20.8. The van der Waals surface area contributed by atoms with E-state index in [2.05, 4.69) is 15.2 Å². The fourth-order valence-corrected chi connectivity index (χ4v) is 4.39. The van der Waals surface area contributed by atoms with Crippen LogP contribution in [0.2, 0.25) is 0 Å². The quantitative estimate of drug-likeness (QED) is 0.515. The van der Waals surface area contributed by atoms with Crippen LogP contribution in [-0.2, 0) is 10.2 Å². The molecule has 1 aliphatic heterocycles. The Morgan fingerprint density at radius 1 is 1.03 bits per heavy atom. The number of pyridine rings is 1. The number of rotatable bonds is 5. The Morgan fingerprint density at radius 2 is 1.74 bits per heavy atom. The third-order valence-corrected chi connectivity index (χ3v) is 6.26. The number of carbonyl (C=O) groups is 2. The molecule has 2 atom stereocenters. The topological polar surface area (TPSA) is 99.4 Å². The molecular formula is C26H31N5O4. The smallest absolute Gasteiger partial charge is 0.343 e. The molecular weight excluding hydrogens is 446 g/mol. The van der Waals surface area contributed by atoms with Gasteiger partial charge < -0.3 is 14.4 Å². The number of carbonyl (C=O) groups excluding carboxylic acids is 2. The summed E-state index contributed by atoms with van der Waals surface area (Å²) in [5.74, 6) is -0.378. The van der Waals surface area contributed by atoms with Gasteiger partial charge in [-0.1, -0.05) is 32.9 Å². The first kappa shape index (κ1) is 24.4. The van der Waals surface area contributed by atoms with E-state index >= 15 is 0 Å². The second-order valence-electron chi connectivity index (χ2n) is 9.74. The van der Waals surface area contributed by atoms with Gasteiger partial charge in [-0.25, -0.2) is 9.78 Å². The number of para-hydroxylation sites is 1. The molecule has 1 saturated heterocycles. The molecule has 2 aromatic heterocycles. The van der Waals surface area contributed by atoms with Crippen LogP contribution in [-0.4, -0.2) is 62.6 Å². The van der Waals surface area contributed by atoms with Gasteiger partial charge in [-0.2, -0.15) is 15.0 Å². The van der Waals surface area contributed by atoms with Crippen LogP contribution in [0.1, 0.15) is 66.8 Å². The third-order valence-electron chi connectivity index (χ3n) is 6.26. The number of piperidine rings is 1. The predicted octanol–water partition coefficient (Wildman–Crippen LogP) is 3.82. The van der Waals surface area contributed by atoms with Crippen LogP contribution in [0.15, 0.2) is 48.9 Å². The molecule has 1 aliphatic rings. The molecule has 0 radical (unpaired) electrons. The molecule has 1 fully saturated rings. The van der Waals surface area contributed by atoms with E-state index in [4.69, 9.17) is 9.47 Å². The van der Waals surface area contributed by atoms with Crippen molar-refractivity contribution in [3.8, 4) is 11.6 Å². The summed E-state index contributed by atoms with van der Waals surface area (Å²) in [6, 6.07) is 9.12. The van der Waals surface area contributed by atoms with Crippen molar-refractivity contribution in [2.75, 3.05) is 13.7 Å². The van der Waals surface area contributed by atoms with Crippen molar-refractivity contribution < 1.29 is 19.1 Å². The van der Waals surface area contributed by atoms with E-state index in [9.17, 15) is 9.59 Å². The van der Waals surface area contributed by atoms with Crippen LogP contribution in [0, 0.1) is 0 Å². The first-order valence-electron chi connectivity index (χ1n) is 11.7. The van der Waals surface area contributed by atoms with Crippen molar-refractivity contribution in [3.63, 3.8) is 0 Å². The highest BCUT2D eigenvalue weighted by Crippen LogP contribution is 2.33. The number of likely N-dealkylation sites (tertiary alicyclic amines) is 1. The van der Waals surface area contributed by atoms with Crippen LogP contribution >= 0.6 is 0 Å². The van der Waals surface area contributed by atoms with Crippen molar-refractivity contribution >= 4 is 11.9 Å². The number of amides is 1. The van der Waals surface area contributed by atoms with Gasteiger partial charge in [0.05, 0.1) is 37.3 Å². The van der Waals surface area contributed by atoms with Crippen molar-refractivity contribution in [3.05, 3.63) is 65.6 Å². The summed E-state index contributed by atoms with van der Waals surface area (Å²) in [5.41, 5.74) is 1.95. The maximum Gasteiger partial charge on any atom is 0.343 e. The first-order chi connectivity index (χ1) is 16.7. The lowest BCUT2D eigenvalue weighted by atomic mass is 9.84. The molecule has 3 heterocycles. The predicted molar refractivity (Wildman–Crippen MR) is 130 cm³/mol. The number of nitrogens with zero attached hydrogens (tertiary/aromatic N) is 5. The summed E-state index contributed by atoms with van der Waals surface area (Å²) in [4.78, 5) is 33.9. The van der Waals surface area contributed by atoms with Gasteiger partial charge in [0, 0.05) is 12.2 Å². The highest BCUT2D eigenvalue weighted by molar-refractivity contribution is 5.98. The van der Waals surface area contributed by atoms with Crippen LogP contribution < -0.4 is 4.74 Å². The normalized spacial score (nSPS) is 18.3. The molecule has 1 aromatic carbocycles. The Bertz CT molecular complexity index is 1200. The van der Waals surface area contributed by atoms with E-state index in [1.165, 1.54) is 11.9 Å². The molecule has 0 bridgehead atoms. The minimum Gasteiger partial charge on any atom is -0.472 e. The number of hydrogen-bond acceptors (Lipinski definition) is 7. The summed E-state index contributed by atoms with van der Waals surface area (Å²) in [6.45, 7) is 8.46. The SMILES string of the molecule is COC(=O)c1c(C(C)(C)C)ccnc1O[C@@H]1CC[C@@H](C)N(C(=O)c2ccccc2-n2nccn2)C1. The van der Waals surface area contributed by atoms with E-state index in [1.54, 1.807) is 24.7 Å². The van der Waals surface area contributed by atoms with Gasteiger partial charge in [-0.3, -0.25) is 4.79 Å². The van der Waals surface area contributed by atoms with Gasteiger partial charge in [0.2, 0.25) is 5.88 Å². The average molecular weight is 478 g/mol. The lowest BCUT2D eigenvalue weighted by Gasteiger charge is -2.38. The molecule has 9 nitrogen and oxygen atoms in total. The van der Waals surface area contributed by atoms with Gasteiger partial charge in [0.25, 0.3) is 5.91 Å². The number of methoxy groups -OCH3 is 1. The monoisotopic (exact) mass is 477 g/mol. The highest BCUT2D eigenvalue weighted by atomic mass is 16.5. The standard InChI is InChI=1S/C26H31N5O4/c1-17-10-11-18(35-23-22(25(33)34-5)20(12-13-27-23)26(2,3)4)16-30(17)24(32)19-8-6-7-9-21(19)31-28-14-15-29-31/h6-9,12-15,17-18H,10-11,16H2,1-5H3/t17-,18-/m1/s1. The minimum atomic E-state index is -0.490. The van der Waals surface area contributed by atoms with Crippen molar-refractivity contribution in [2.45, 2.75) is 58.1 Å². The number of hydrogen-bond donors (Lipinski definition) is 0. The molecule has 3 aromatic rings. The van der Waals surface area contributed by atoms with Gasteiger partial charge >= 0.3 is 5.97 Å². The molecule has 0 N–H and O–H groups in total. The molecule has 0 spiro atoms. The first-order valence-corrected chi connectivity index (χ1v) is 11.7. The van der Waals surface area contributed by atoms with Crippen LogP contribution in [0.5, 0.6) is 5.88 Å². The molecule has 0 saturated carbocycles. The maximum atomic E-state index is 13.6. The van der Waals surface area contributed by atoms with E-state index in [-0.39, 0.29) is 29.3 Å². The number of aromatic nitrogens is 4. The Hall–Kier alpha value is -3.75. The fourth-order valence-electron chi connectivity index (χ4n) is 4.39.